The molecule has 0 amide bonds. The molecule has 1 unspecified atom stereocenters. The van der Waals surface area contributed by atoms with Crippen LogP contribution in [-0.4, -0.2) is 48.1 Å². The first kappa shape index (κ1) is 18.9. The Morgan fingerprint density at radius 2 is 2.00 bits per heavy atom. The van der Waals surface area contributed by atoms with E-state index < -0.39 is 12.0 Å². The summed E-state index contributed by atoms with van der Waals surface area (Å²) in [5.41, 5.74) is 2.68. The van der Waals surface area contributed by atoms with Crippen molar-refractivity contribution >= 4 is 16.9 Å². The summed E-state index contributed by atoms with van der Waals surface area (Å²) in [4.78, 5) is 17.0. The Morgan fingerprint density at radius 3 is 2.70 bits per heavy atom. The number of carboxylic acid groups (broad SMARTS) is 1. The van der Waals surface area contributed by atoms with Gasteiger partial charge in [-0.3, -0.25) is 10.1 Å². The predicted octanol–water partition coefficient (Wildman–Crippen LogP) is 3.02. The number of nitrogens with one attached hydrogen (secondary N) is 2. The zero-order chi connectivity index (χ0) is 19.2. The van der Waals surface area contributed by atoms with Crippen molar-refractivity contribution in [3.63, 3.8) is 0 Å². The average Bonchev–Trinajstić information content (AvgIpc) is 3.07. The Morgan fingerprint density at radius 1 is 1.22 bits per heavy atom. The van der Waals surface area contributed by atoms with E-state index in [-0.39, 0.29) is 0 Å². The lowest BCUT2D eigenvalue weighted by atomic mass is 10.1. The van der Waals surface area contributed by atoms with E-state index in [9.17, 15) is 9.90 Å². The van der Waals surface area contributed by atoms with Crippen LogP contribution in [0.4, 0.5) is 0 Å². The lowest BCUT2D eigenvalue weighted by Gasteiger charge is -2.16. The van der Waals surface area contributed by atoms with Crippen LogP contribution in [0.1, 0.15) is 17.2 Å². The molecule has 1 heterocycles. The zero-order valence-corrected chi connectivity index (χ0v) is 15.6. The molecule has 0 saturated carbocycles. The number of benzene rings is 2. The fraction of sp³-hybridized carbons (Fsp3) is 0.286. The first-order valence-corrected chi connectivity index (χ1v) is 8.93. The van der Waals surface area contributed by atoms with Crippen molar-refractivity contribution in [1.82, 2.24) is 15.2 Å². The van der Waals surface area contributed by atoms with Gasteiger partial charge in [0.25, 0.3) is 0 Å². The maximum Gasteiger partial charge on any atom is 0.325 e. The molecule has 6 heteroatoms. The van der Waals surface area contributed by atoms with Crippen LogP contribution in [0.25, 0.3) is 10.9 Å². The molecule has 0 radical (unpaired) electrons. The third-order valence-electron chi connectivity index (χ3n) is 4.40. The van der Waals surface area contributed by atoms with Crippen molar-refractivity contribution in [3.8, 4) is 5.75 Å². The second-order valence-electron chi connectivity index (χ2n) is 6.75. The van der Waals surface area contributed by atoms with Gasteiger partial charge in [0.1, 0.15) is 18.4 Å². The highest BCUT2D eigenvalue weighted by Crippen LogP contribution is 2.28. The summed E-state index contributed by atoms with van der Waals surface area (Å²) in [5, 5.41) is 13.6. The number of hydrogen-bond acceptors (Lipinski definition) is 4. The number of hydrogen-bond donors (Lipinski definition) is 3. The number of aromatic amines is 1. The van der Waals surface area contributed by atoms with Crippen molar-refractivity contribution in [2.24, 2.45) is 0 Å². The van der Waals surface area contributed by atoms with Crippen molar-refractivity contribution in [3.05, 3.63) is 65.9 Å². The Hall–Kier alpha value is -2.83. The van der Waals surface area contributed by atoms with Gasteiger partial charge >= 0.3 is 5.97 Å². The fourth-order valence-electron chi connectivity index (χ4n) is 2.95. The molecule has 0 saturated heterocycles. The topological polar surface area (TPSA) is 77.6 Å². The van der Waals surface area contributed by atoms with E-state index in [1.807, 2.05) is 67.5 Å². The number of likely N-dealkylation sites (N-methyl/N-ethyl adjacent to an activating group) is 1. The highest BCUT2D eigenvalue weighted by Gasteiger charge is 2.22. The lowest BCUT2D eigenvalue weighted by molar-refractivity contribution is -0.139. The molecular weight excluding hydrogens is 342 g/mol. The van der Waals surface area contributed by atoms with E-state index in [0.717, 1.165) is 23.0 Å². The highest BCUT2D eigenvalue weighted by atomic mass is 16.5. The molecule has 0 spiro atoms. The quantitative estimate of drug-likeness (QED) is 0.542. The van der Waals surface area contributed by atoms with Gasteiger partial charge in [-0.05, 0) is 37.9 Å². The molecule has 1 atom stereocenters. The fourth-order valence-corrected chi connectivity index (χ4v) is 2.95. The van der Waals surface area contributed by atoms with E-state index in [2.05, 4.69) is 10.3 Å². The van der Waals surface area contributed by atoms with Crippen LogP contribution in [0.5, 0.6) is 5.75 Å². The minimum Gasteiger partial charge on any atom is -0.489 e. The van der Waals surface area contributed by atoms with Gasteiger partial charge < -0.3 is 19.7 Å². The monoisotopic (exact) mass is 367 g/mol. The van der Waals surface area contributed by atoms with Gasteiger partial charge in [0.15, 0.2) is 0 Å². The summed E-state index contributed by atoms with van der Waals surface area (Å²) < 4.78 is 5.89. The van der Waals surface area contributed by atoms with Crippen molar-refractivity contribution < 1.29 is 14.6 Å². The van der Waals surface area contributed by atoms with Crippen LogP contribution in [0.3, 0.4) is 0 Å². The normalized spacial score (nSPS) is 12.4. The second kappa shape index (κ2) is 8.70. The molecule has 0 aliphatic heterocycles. The van der Waals surface area contributed by atoms with E-state index in [1.54, 1.807) is 6.20 Å². The van der Waals surface area contributed by atoms with Crippen LogP contribution in [-0.2, 0) is 11.4 Å². The van der Waals surface area contributed by atoms with Gasteiger partial charge in [0.2, 0.25) is 0 Å². The first-order valence-electron chi connectivity index (χ1n) is 8.93. The van der Waals surface area contributed by atoms with Crippen molar-refractivity contribution in [2.75, 3.05) is 27.2 Å². The molecule has 3 rings (SSSR count). The third-order valence-corrected chi connectivity index (χ3v) is 4.40. The van der Waals surface area contributed by atoms with Crippen LogP contribution in [0, 0.1) is 0 Å². The summed E-state index contributed by atoms with van der Waals surface area (Å²) in [6, 6.07) is 14.9. The van der Waals surface area contributed by atoms with Gasteiger partial charge in [-0.15, -0.1) is 0 Å². The number of aromatic nitrogens is 1. The lowest BCUT2D eigenvalue weighted by Crippen LogP contribution is -2.33. The molecule has 6 nitrogen and oxygen atoms in total. The molecule has 1 aromatic heterocycles. The highest BCUT2D eigenvalue weighted by molar-refractivity contribution is 5.90. The number of ether oxygens (including phenoxy) is 1. The van der Waals surface area contributed by atoms with Gasteiger partial charge in [0.05, 0.1) is 0 Å². The molecule has 142 valence electrons. The zero-order valence-electron chi connectivity index (χ0n) is 15.6. The van der Waals surface area contributed by atoms with Crippen LogP contribution in [0.2, 0.25) is 0 Å². The SMILES string of the molecule is CN(C)CCNC(C(=O)O)c1c[nH]c2ccc(OCc3ccccc3)cc12. The predicted molar refractivity (Wildman–Crippen MR) is 106 cm³/mol. The summed E-state index contributed by atoms with van der Waals surface area (Å²) in [7, 11) is 3.92. The van der Waals surface area contributed by atoms with Crippen molar-refractivity contribution in [2.45, 2.75) is 12.6 Å². The van der Waals surface area contributed by atoms with Gasteiger partial charge in [-0.1, -0.05) is 30.3 Å². The summed E-state index contributed by atoms with van der Waals surface area (Å²) >= 11 is 0. The Bertz CT molecular complexity index is 890. The molecule has 2 aromatic carbocycles. The summed E-state index contributed by atoms with van der Waals surface area (Å²) in [6.07, 6.45) is 1.76. The Labute approximate surface area is 158 Å². The van der Waals surface area contributed by atoms with E-state index in [4.69, 9.17) is 4.74 Å². The molecule has 3 N–H and O–H groups in total. The maximum atomic E-state index is 11.8. The number of carboxylic acids is 1. The molecule has 27 heavy (non-hydrogen) atoms. The molecule has 0 fully saturated rings. The van der Waals surface area contributed by atoms with Gasteiger partial charge in [-0.2, -0.15) is 0 Å². The molecule has 0 bridgehead atoms. The largest absolute Gasteiger partial charge is 0.489 e. The minimum absolute atomic E-state index is 0.468. The molecule has 0 aliphatic rings. The number of rotatable bonds is 9. The number of fused-ring (bicyclic) bond motifs is 1. The minimum atomic E-state index is -0.898. The van der Waals surface area contributed by atoms with E-state index in [0.29, 0.717) is 24.5 Å². The molecule has 3 aromatic rings. The van der Waals surface area contributed by atoms with Crippen LogP contribution >= 0.6 is 0 Å². The first-order chi connectivity index (χ1) is 13.0. The Balaban J connectivity index is 1.79. The van der Waals surface area contributed by atoms with Crippen LogP contribution in [0.15, 0.2) is 54.7 Å². The van der Waals surface area contributed by atoms with E-state index >= 15 is 0 Å². The smallest absolute Gasteiger partial charge is 0.325 e. The standard InChI is InChI=1S/C21H25N3O3/c1-24(2)11-10-22-20(21(25)26)18-13-23-19-9-8-16(12-17(18)19)27-14-15-6-4-3-5-7-15/h3-9,12-13,20,22-23H,10-11,14H2,1-2H3,(H,25,26). The van der Waals surface area contributed by atoms with Crippen molar-refractivity contribution in [1.29, 1.82) is 0 Å². The van der Waals surface area contributed by atoms with Gasteiger partial charge in [0, 0.05) is 35.8 Å². The number of carbonyl (C=O) groups is 1. The maximum absolute atomic E-state index is 11.8. The number of nitrogens with zero attached hydrogens (tertiary/aromatic N) is 1. The second-order valence-corrected chi connectivity index (χ2v) is 6.75. The third kappa shape index (κ3) is 4.87. The molecule has 0 aliphatic carbocycles. The Kier molecular flexibility index (Phi) is 6.11. The number of H-pyrrole nitrogens is 1. The van der Waals surface area contributed by atoms with Gasteiger partial charge in [-0.25, -0.2) is 0 Å². The summed E-state index contributed by atoms with van der Waals surface area (Å²) in [5.74, 6) is -0.185. The van der Waals surface area contributed by atoms with E-state index in [1.165, 1.54) is 0 Å². The molecular formula is C21H25N3O3. The average molecular weight is 367 g/mol. The number of aliphatic carboxylic acids is 1. The summed E-state index contributed by atoms with van der Waals surface area (Å²) in [6.45, 7) is 1.81. The van der Waals surface area contributed by atoms with Crippen LogP contribution < -0.4 is 10.1 Å².